The van der Waals surface area contributed by atoms with Crippen LogP contribution in [0, 0.1) is 5.82 Å². The summed E-state index contributed by atoms with van der Waals surface area (Å²) >= 11 is 0. The van der Waals surface area contributed by atoms with Crippen molar-refractivity contribution in [2.45, 2.75) is 6.61 Å². The van der Waals surface area contributed by atoms with Gasteiger partial charge in [0.1, 0.15) is 18.2 Å². The van der Waals surface area contributed by atoms with Crippen LogP contribution in [0.25, 0.3) is 12.2 Å². The minimum atomic E-state index is -1.01. The topological polar surface area (TPSA) is 59.4 Å². The third-order valence-corrected chi connectivity index (χ3v) is 3.69. The Kier molecular flexibility index (Phi) is 5.39. The average Bonchev–Trinajstić information content (AvgIpc) is 2.67. The van der Waals surface area contributed by atoms with Crippen LogP contribution in [0.3, 0.4) is 0 Å². The molecule has 0 radical (unpaired) electrons. The number of nitrogens with zero attached hydrogens (tertiary/aromatic N) is 1. The van der Waals surface area contributed by atoms with Crippen molar-refractivity contribution in [1.82, 2.24) is 4.98 Å². The van der Waals surface area contributed by atoms with Crippen molar-refractivity contribution < 1.29 is 19.0 Å². The van der Waals surface area contributed by atoms with Gasteiger partial charge >= 0.3 is 5.97 Å². The fourth-order valence-corrected chi connectivity index (χ4v) is 2.30. The smallest absolute Gasteiger partial charge is 0.337 e. The highest BCUT2D eigenvalue weighted by Gasteiger charge is 2.03. The largest absolute Gasteiger partial charge is 0.488 e. The number of carboxylic acids is 1. The third-order valence-electron chi connectivity index (χ3n) is 3.69. The number of carbonyl (C=O) groups is 1. The van der Waals surface area contributed by atoms with Gasteiger partial charge in [-0.05, 0) is 48.0 Å². The number of aromatic nitrogens is 1. The van der Waals surface area contributed by atoms with Crippen molar-refractivity contribution in [3.8, 4) is 5.75 Å². The van der Waals surface area contributed by atoms with E-state index in [-0.39, 0.29) is 11.4 Å². The molecule has 1 heterocycles. The molecule has 0 aliphatic carbocycles. The first kappa shape index (κ1) is 17.4. The SMILES string of the molecule is O=C(O)c1ccc(/C=C/c2ccccc2OCc2ccc(F)cc2)nc1. The molecule has 0 amide bonds. The van der Waals surface area contributed by atoms with Gasteiger partial charge < -0.3 is 9.84 Å². The van der Waals surface area contributed by atoms with E-state index in [4.69, 9.17) is 9.84 Å². The van der Waals surface area contributed by atoms with Crippen molar-refractivity contribution in [3.63, 3.8) is 0 Å². The lowest BCUT2D eigenvalue weighted by Crippen LogP contribution is -1.97. The maximum atomic E-state index is 13.0. The molecule has 0 saturated carbocycles. The van der Waals surface area contributed by atoms with Crippen LogP contribution in [0.5, 0.6) is 5.75 Å². The Labute approximate surface area is 150 Å². The molecular weight excluding hydrogens is 333 g/mol. The zero-order valence-corrected chi connectivity index (χ0v) is 13.8. The first-order valence-corrected chi connectivity index (χ1v) is 7.95. The van der Waals surface area contributed by atoms with E-state index in [0.717, 1.165) is 11.1 Å². The Hall–Kier alpha value is -3.47. The molecule has 0 fully saturated rings. The molecule has 1 aromatic heterocycles. The quantitative estimate of drug-likeness (QED) is 0.703. The lowest BCUT2D eigenvalue weighted by molar-refractivity contribution is 0.0696. The van der Waals surface area contributed by atoms with Gasteiger partial charge in [-0.3, -0.25) is 4.98 Å². The zero-order valence-electron chi connectivity index (χ0n) is 13.8. The molecule has 0 saturated heterocycles. The summed E-state index contributed by atoms with van der Waals surface area (Å²) < 4.78 is 18.8. The lowest BCUT2D eigenvalue weighted by atomic mass is 10.1. The van der Waals surface area contributed by atoms with Crippen molar-refractivity contribution in [2.24, 2.45) is 0 Å². The average molecular weight is 349 g/mol. The predicted molar refractivity (Wildman–Crippen MR) is 97.3 cm³/mol. The van der Waals surface area contributed by atoms with Crippen molar-refractivity contribution in [3.05, 3.63) is 95.1 Å². The second-order valence-corrected chi connectivity index (χ2v) is 5.56. The number of ether oxygens (including phenoxy) is 1. The number of hydrogen-bond acceptors (Lipinski definition) is 3. The standard InChI is InChI=1S/C21H16FNO3/c22-18-9-5-15(6-10-18)14-26-20-4-2-1-3-16(20)7-11-19-12-8-17(13-23-19)21(24)25/h1-13H,14H2,(H,24,25)/b11-7+. The molecule has 26 heavy (non-hydrogen) atoms. The van der Waals surface area contributed by atoms with Gasteiger partial charge in [0.2, 0.25) is 0 Å². The molecule has 130 valence electrons. The fourth-order valence-electron chi connectivity index (χ4n) is 2.30. The normalized spacial score (nSPS) is 10.8. The zero-order chi connectivity index (χ0) is 18.4. The number of aromatic carboxylic acids is 1. The Morgan fingerprint density at radius 2 is 1.81 bits per heavy atom. The number of hydrogen-bond donors (Lipinski definition) is 1. The van der Waals surface area contributed by atoms with Crippen molar-refractivity contribution >= 4 is 18.1 Å². The fraction of sp³-hybridized carbons (Fsp3) is 0.0476. The number of pyridine rings is 1. The molecular formula is C21H16FNO3. The summed E-state index contributed by atoms with van der Waals surface area (Å²) in [5.74, 6) is -0.596. The maximum absolute atomic E-state index is 13.0. The molecule has 0 atom stereocenters. The number of benzene rings is 2. The van der Waals surface area contributed by atoms with E-state index in [0.29, 0.717) is 18.1 Å². The van der Waals surface area contributed by atoms with Crippen LogP contribution >= 0.6 is 0 Å². The summed E-state index contributed by atoms with van der Waals surface area (Å²) in [6.07, 6.45) is 4.95. The van der Waals surface area contributed by atoms with Crippen molar-refractivity contribution in [2.75, 3.05) is 0 Å². The van der Waals surface area contributed by atoms with E-state index in [9.17, 15) is 9.18 Å². The van der Waals surface area contributed by atoms with E-state index in [2.05, 4.69) is 4.98 Å². The van der Waals surface area contributed by atoms with Gasteiger partial charge in [-0.15, -0.1) is 0 Å². The molecule has 3 rings (SSSR count). The Bertz CT molecular complexity index is 919. The Morgan fingerprint density at radius 3 is 2.50 bits per heavy atom. The molecule has 0 unspecified atom stereocenters. The molecule has 3 aromatic rings. The van der Waals surface area contributed by atoms with Gasteiger partial charge in [0.25, 0.3) is 0 Å². The van der Waals surface area contributed by atoms with Crippen LogP contribution in [0.1, 0.15) is 27.2 Å². The van der Waals surface area contributed by atoms with Gasteiger partial charge in [0.15, 0.2) is 0 Å². The van der Waals surface area contributed by atoms with E-state index in [1.165, 1.54) is 24.4 Å². The highest BCUT2D eigenvalue weighted by molar-refractivity contribution is 5.87. The van der Waals surface area contributed by atoms with Crippen LogP contribution in [0.4, 0.5) is 4.39 Å². The number of halogens is 1. The number of rotatable bonds is 6. The van der Waals surface area contributed by atoms with Gasteiger partial charge in [-0.2, -0.15) is 0 Å². The van der Waals surface area contributed by atoms with Gasteiger partial charge in [0, 0.05) is 11.8 Å². The molecule has 5 heteroatoms. The van der Waals surface area contributed by atoms with Gasteiger partial charge in [0.05, 0.1) is 11.3 Å². The van der Waals surface area contributed by atoms with Gasteiger partial charge in [-0.1, -0.05) is 30.3 Å². The Morgan fingerprint density at radius 1 is 1.04 bits per heavy atom. The van der Waals surface area contributed by atoms with Gasteiger partial charge in [-0.25, -0.2) is 9.18 Å². The Balaban J connectivity index is 1.72. The summed E-state index contributed by atoms with van der Waals surface area (Å²) in [5.41, 5.74) is 2.52. The molecule has 0 bridgehead atoms. The molecule has 4 nitrogen and oxygen atoms in total. The number of para-hydroxylation sites is 1. The lowest BCUT2D eigenvalue weighted by Gasteiger charge is -2.09. The highest BCUT2D eigenvalue weighted by Crippen LogP contribution is 2.22. The van der Waals surface area contributed by atoms with E-state index < -0.39 is 5.97 Å². The first-order chi connectivity index (χ1) is 12.6. The maximum Gasteiger partial charge on any atom is 0.337 e. The second kappa shape index (κ2) is 8.07. The van der Waals surface area contributed by atoms with E-state index >= 15 is 0 Å². The van der Waals surface area contributed by atoms with Crippen LogP contribution in [-0.4, -0.2) is 16.1 Å². The summed E-state index contributed by atoms with van der Waals surface area (Å²) in [6.45, 7) is 0.330. The number of carboxylic acid groups (broad SMARTS) is 1. The molecule has 2 aromatic carbocycles. The summed E-state index contributed by atoms with van der Waals surface area (Å²) in [4.78, 5) is 15.0. The second-order valence-electron chi connectivity index (χ2n) is 5.56. The molecule has 0 aliphatic rings. The highest BCUT2D eigenvalue weighted by atomic mass is 19.1. The van der Waals surface area contributed by atoms with Crippen LogP contribution in [-0.2, 0) is 6.61 Å². The molecule has 0 spiro atoms. The third kappa shape index (κ3) is 4.54. The van der Waals surface area contributed by atoms with Crippen LogP contribution in [0.2, 0.25) is 0 Å². The minimum absolute atomic E-state index is 0.144. The summed E-state index contributed by atoms with van der Waals surface area (Å²) in [7, 11) is 0. The van der Waals surface area contributed by atoms with Crippen LogP contribution in [0.15, 0.2) is 66.9 Å². The molecule has 1 N–H and O–H groups in total. The minimum Gasteiger partial charge on any atom is -0.488 e. The predicted octanol–water partition coefficient (Wildman–Crippen LogP) is 4.67. The van der Waals surface area contributed by atoms with Crippen LogP contribution < -0.4 is 4.74 Å². The monoisotopic (exact) mass is 349 g/mol. The van der Waals surface area contributed by atoms with E-state index in [1.807, 2.05) is 30.3 Å². The summed E-state index contributed by atoms with van der Waals surface area (Å²) in [5, 5.41) is 8.89. The van der Waals surface area contributed by atoms with E-state index in [1.54, 1.807) is 24.3 Å². The molecule has 0 aliphatic heterocycles. The first-order valence-electron chi connectivity index (χ1n) is 7.95. The van der Waals surface area contributed by atoms with Crippen molar-refractivity contribution in [1.29, 1.82) is 0 Å². The summed E-state index contributed by atoms with van der Waals surface area (Å²) in [6, 6.07) is 16.8.